The highest BCUT2D eigenvalue weighted by atomic mass is 79.9. The third-order valence-electron chi connectivity index (χ3n) is 2.98. The Morgan fingerprint density at radius 2 is 2.00 bits per heavy atom. The lowest BCUT2D eigenvalue weighted by atomic mass is 9.98. The van der Waals surface area contributed by atoms with Crippen molar-refractivity contribution in [3.63, 3.8) is 0 Å². The third-order valence-corrected chi connectivity index (χ3v) is 4.74. The van der Waals surface area contributed by atoms with Gasteiger partial charge in [-0.3, -0.25) is 5.84 Å². The van der Waals surface area contributed by atoms with Crippen LogP contribution in [0.15, 0.2) is 33.4 Å². The van der Waals surface area contributed by atoms with Gasteiger partial charge in [0.2, 0.25) is 0 Å². The molecule has 0 saturated carbocycles. The van der Waals surface area contributed by atoms with Crippen LogP contribution in [0.2, 0.25) is 0 Å². The number of hydrogen-bond acceptors (Lipinski definition) is 3. The molecular formula is C13H15BrN2S. The topological polar surface area (TPSA) is 38.0 Å². The largest absolute Gasteiger partial charge is 0.271 e. The molecule has 0 fully saturated rings. The quantitative estimate of drug-likeness (QED) is 0.670. The molecule has 1 atom stereocenters. The Morgan fingerprint density at radius 3 is 2.53 bits per heavy atom. The van der Waals surface area contributed by atoms with Gasteiger partial charge in [-0.25, -0.2) is 5.43 Å². The van der Waals surface area contributed by atoms with Crippen molar-refractivity contribution in [3.8, 4) is 0 Å². The lowest BCUT2D eigenvalue weighted by molar-refractivity contribution is 0.636. The zero-order chi connectivity index (χ0) is 12.4. The van der Waals surface area contributed by atoms with Crippen LogP contribution in [0.4, 0.5) is 0 Å². The average Bonchev–Trinajstić information content (AvgIpc) is 2.71. The standard InChI is InChI=1S/C13H15BrN2S/c1-8-3-4-10(5-9(8)2)13(16-15)11-6-17-7-12(11)14/h3-7,13,16H,15H2,1-2H3. The number of nitrogens with one attached hydrogen (secondary N) is 1. The maximum absolute atomic E-state index is 5.69. The van der Waals surface area contributed by atoms with Crippen LogP contribution in [-0.2, 0) is 0 Å². The van der Waals surface area contributed by atoms with E-state index in [1.165, 1.54) is 22.3 Å². The zero-order valence-electron chi connectivity index (χ0n) is 9.83. The van der Waals surface area contributed by atoms with Gasteiger partial charge in [-0.05, 0) is 57.4 Å². The molecule has 0 aliphatic heterocycles. The number of aryl methyl sites for hydroxylation is 2. The van der Waals surface area contributed by atoms with Gasteiger partial charge in [-0.2, -0.15) is 11.3 Å². The summed E-state index contributed by atoms with van der Waals surface area (Å²) in [4.78, 5) is 0. The molecule has 0 amide bonds. The van der Waals surface area contributed by atoms with Gasteiger partial charge < -0.3 is 0 Å². The van der Waals surface area contributed by atoms with E-state index in [1.54, 1.807) is 11.3 Å². The number of hydrogen-bond donors (Lipinski definition) is 2. The molecule has 0 radical (unpaired) electrons. The zero-order valence-corrected chi connectivity index (χ0v) is 12.2. The maximum atomic E-state index is 5.69. The number of halogens is 1. The van der Waals surface area contributed by atoms with Crippen molar-refractivity contribution in [1.82, 2.24) is 5.43 Å². The molecule has 4 heteroatoms. The molecule has 90 valence electrons. The summed E-state index contributed by atoms with van der Waals surface area (Å²) in [5, 5.41) is 4.19. The van der Waals surface area contributed by atoms with Crippen molar-refractivity contribution in [2.24, 2.45) is 5.84 Å². The smallest absolute Gasteiger partial charge is 0.0729 e. The first kappa shape index (κ1) is 12.8. The number of hydrazine groups is 1. The Hall–Kier alpha value is -0.680. The van der Waals surface area contributed by atoms with Crippen LogP contribution in [0, 0.1) is 13.8 Å². The predicted octanol–water partition coefficient (Wildman–Crippen LogP) is 3.68. The second-order valence-electron chi connectivity index (χ2n) is 4.12. The summed E-state index contributed by atoms with van der Waals surface area (Å²) < 4.78 is 1.10. The molecule has 0 spiro atoms. The Bertz CT molecular complexity index is 522. The average molecular weight is 311 g/mol. The Balaban J connectivity index is 2.42. The van der Waals surface area contributed by atoms with Crippen LogP contribution in [-0.4, -0.2) is 0 Å². The minimum atomic E-state index is 0.0370. The summed E-state index contributed by atoms with van der Waals surface area (Å²) in [5.74, 6) is 5.69. The monoisotopic (exact) mass is 310 g/mol. The number of thiophene rings is 1. The van der Waals surface area contributed by atoms with Crippen molar-refractivity contribution in [2.75, 3.05) is 0 Å². The summed E-state index contributed by atoms with van der Waals surface area (Å²) in [6.07, 6.45) is 0. The normalized spacial score (nSPS) is 12.7. The van der Waals surface area contributed by atoms with Crippen LogP contribution >= 0.6 is 27.3 Å². The van der Waals surface area contributed by atoms with Crippen molar-refractivity contribution in [1.29, 1.82) is 0 Å². The Kier molecular flexibility index (Phi) is 3.99. The van der Waals surface area contributed by atoms with E-state index < -0.39 is 0 Å². The summed E-state index contributed by atoms with van der Waals surface area (Å²) in [6.45, 7) is 4.24. The molecule has 2 nitrogen and oxygen atoms in total. The van der Waals surface area contributed by atoms with E-state index in [2.05, 4.69) is 64.2 Å². The van der Waals surface area contributed by atoms with Gasteiger partial charge in [0, 0.05) is 9.85 Å². The van der Waals surface area contributed by atoms with Crippen molar-refractivity contribution >= 4 is 27.3 Å². The molecule has 2 aromatic rings. The number of nitrogens with two attached hydrogens (primary N) is 1. The third kappa shape index (κ3) is 2.60. The number of rotatable bonds is 3. The molecule has 1 unspecified atom stereocenters. The molecule has 1 aromatic carbocycles. The predicted molar refractivity (Wildman–Crippen MR) is 77.1 cm³/mol. The van der Waals surface area contributed by atoms with E-state index >= 15 is 0 Å². The maximum Gasteiger partial charge on any atom is 0.0729 e. The van der Waals surface area contributed by atoms with E-state index in [0.29, 0.717) is 0 Å². The summed E-state index contributed by atoms with van der Waals surface area (Å²) >= 11 is 5.22. The molecule has 1 aromatic heterocycles. The second kappa shape index (κ2) is 5.31. The minimum absolute atomic E-state index is 0.0370. The number of benzene rings is 1. The first-order valence-electron chi connectivity index (χ1n) is 5.38. The van der Waals surface area contributed by atoms with Crippen LogP contribution < -0.4 is 11.3 Å². The fourth-order valence-electron chi connectivity index (χ4n) is 1.81. The molecule has 17 heavy (non-hydrogen) atoms. The molecular weight excluding hydrogens is 296 g/mol. The summed E-state index contributed by atoms with van der Waals surface area (Å²) in [5.41, 5.74) is 7.84. The second-order valence-corrected chi connectivity index (χ2v) is 5.72. The SMILES string of the molecule is Cc1ccc(C(NN)c2cscc2Br)cc1C. The summed E-state index contributed by atoms with van der Waals surface area (Å²) in [6, 6.07) is 6.48. The van der Waals surface area contributed by atoms with E-state index in [-0.39, 0.29) is 6.04 Å². The van der Waals surface area contributed by atoms with Gasteiger partial charge in [0.1, 0.15) is 0 Å². The molecule has 2 rings (SSSR count). The highest BCUT2D eigenvalue weighted by molar-refractivity contribution is 9.10. The fourth-order valence-corrected chi connectivity index (χ4v) is 3.36. The first-order valence-corrected chi connectivity index (χ1v) is 7.12. The lowest BCUT2D eigenvalue weighted by Crippen LogP contribution is -2.28. The Labute approximate surface area is 114 Å². The molecule has 3 N–H and O–H groups in total. The van der Waals surface area contributed by atoms with Gasteiger partial charge in [-0.15, -0.1) is 0 Å². The molecule has 0 aliphatic carbocycles. The van der Waals surface area contributed by atoms with E-state index in [1.807, 2.05) is 0 Å². The van der Waals surface area contributed by atoms with Gasteiger partial charge in [0.25, 0.3) is 0 Å². The summed E-state index contributed by atoms with van der Waals surface area (Å²) in [7, 11) is 0. The van der Waals surface area contributed by atoms with Crippen LogP contribution in [0.5, 0.6) is 0 Å². The molecule has 1 heterocycles. The van der Waals surface area contributed by atoms with E-state index in [0.717, 1.165) is 4.47 Å². The lowest BCUT2D eigenvalue weighted by Gasteiger charge is -2.17. The van der Waals surface area contributed by atoms with Gasteiger partial charge >= 0.3 is 0 Å². The van der Waals surface area contributed by atoms with Crippen LogP contribution in [0.3, 0.4) is 0 Å². The molecule has 0 saturated heterocycles. The minimum Gasteiger partial charge on any atom is -0.271 e. The highest BCUT2D eigenvalue weighted by Crippen LogP contribution is 2.31. The van der Waals surface area contributed by atoms with Gasteiger partial charge in [-0.1, -0.05) is 18.2 Å². The van der Waals surface area contributed by atoms with Gasteiger partial charge in [0.15, 0.2) is 0 Å². The Morgan fingerprint density at radius 1 is 1.24 bits per heavy atom. The van der Waals surface area contributed by atoms with Crippen molar-refractivity contribution < 1.29 is 0 Å². The van der Waals surface area contributed by atoms with Crippen LogP contribution in [0.1, 0.15) is 28.3 Å². The van der Waals surface area contributed by atoms with Gasteiger partial charge in [0.05, 0.1) is 6.04 Å². The van der Waals surface area contributed by atoms with E-state index in [4.69, 9.17) is 5.84 Å². The highest BCUT2D eigenvalue weighted by Gasteiger charge is 2.16. The fraction of sp³-hybridized carbons (Fsp3) is 0.231. The molecule has 0 bridgehead atoms. The van der Waals surface area contributed by atoms with Crippen molar-refractivity contribution in [3.05, 3.63) is 55.7 Å². The van der Waals surface area contributed by atoms with Crippen LogP contribution in [0.25, 0.3) is 0 Å². The molecule has 0 aliphatic rings. The van der Waals surface area contributed by atoms with E-state index in [9.17, 15) is 0 Å². The van der Waals surface area contributed by atoms with Crippen molar-refractivity contribution in [2.45, 2.75) is 19.9 Å². The first-order chi connectivity index (χ1) is 8.13.